The summed E-state index contributed by atoms with van der Waals surface area (Å²) in [6.45, 7) is 3.82. The first kappa shape index (κ1) is 17.0. The Labute approximate surface area is 183 Å². The Kier molecular flexibility index (Phi) is 5.76. The minimum atomic E-state index is 0. The number of hydrogen-bond donors (Lipinski definition) is 1. The molecule has 0 unspecified atom stereocenters. The number of hydrogen-bond acceptors (Lipinski definition) is 5. The number of nitrogens with zero attached hydrogens (tertiary/aromatic N) is 6. The van der Waals surface area contributed by atoms with Gasteiger partial charge in [0.15, 0.2) is 11.5 Å². The third-order valence-electron chi connectivity index (χ3n) is 3.75. The van der Waals surface area contributed by atoms with Gasteiger partial charge in [-0.25, -0.2) is 14.5 Å². The molecule has 0 bridgehead atoms. The van der Waals surface area contributed by atoms with E-state index < -0.39 is 0 Å². The van der Waals surface area contributed by atoms with Crippen molar-refractivity contribution in [2.24, 2.45) is 0 Å². The van der Waals surface area contributed by atoms with E-state index >= 15 is 0 Å². The van der Waals surface area contributed by atoms with Crippen LogP contribution in [-0.2, 0) is 0 Å². The Hall–Kier alpha value is -0.865. The molecule has 0 atom stereocenters. The summed E-state index contributed by atoms with van der Waals surface area (Å²) in [5.41, 5.74) is 2.92. The summed E-state index contributed by atoms with van der Waals surface area (Å²) in [5.74, 6) is 0.699. The molecule has 3 heterocycles. The molecule has 1 aromatic carbocycles. The van der Waals surface area contributed by atoms with Crippen LogP contribution < -0.4 is 68.4 Å². The van der Waals surface area contributed by atoms with Gasteiger partial charge >= 0.3 is 58.2 Å². The second kappa shape index (κ2) is 7.80. The molecular formula is C15H16N7Rb. The molecule has 112 valence electrons. The van der Waals surface area contributed by atoms with Gasteiger partial charge in [-0.2, -0.15) is 5.10 Å². The summed E-state index contributed by atoms with van der Waals surface area (Å²) < 4.78 is 1.70. The van der Waals surface area contributed by atoms with Gasteiger partial charge in [0.25, 0.3) is 0 Å². The third-order valence-corrected chi connectivity index (χ3v) is 3.75. The van der Waals surface area contributed by atoms with Crippen LogP contribution in [0.4, 0.5) is 17.2 Å². The molecule has 23 heavy (non-hydrogen) atoms. The Morgan fingerprint density at radius 2 is 1.83 bits per heavy atom. The van der Waals surface area contributed by atoms with Crippen LogP contribution >= 0.6 is 0 Å². The number of piperazine rings is 1. The maximum Gasteiger partial charge on any atom is 1.00 e. The molecule has 0 saturated carbocycles. The van der Waals surface area contributed by atoms with Gasteiger partial charge in [-0.3, -0.25) is 0 Å². The van der Waals surface area contributed by atoms with Gasteiger partial charge in [0, 0.05) is 23.8 Å². The Morgan fingerprint density at radius 1 is 1.04 bits per heavy atom. The number of aromatic nitrogens is 4. The van der Waals surface area contributed by atoms with E-state index in [0.717, 1.165) is 31.9 Å². The average Bonchev–Trinajstić information content (AvgIpc) is 3.06. The number of fused-ring (bicyclic) bond motifs is 1. The molecule has 4 rings (SSSR count). The molecule has 3 aromatic rings. The second-order valence-corrected chi connectivity index (χ2v) is 5.13. The van der Waals surface area contributed by atoms with Crippen molar-refractivity contribution in [2.75, 3.05) is 36.4 Å². The molecule has 0 amide bonds. The van der Waals surface area contributed by atoms with Crippen LogP contribution in [-0.4, -0.2) is 45.8 Å². The molecule has 1 fully saturated rings. The first-order valence-corrected chi connectivity index (χ1v) is 7.30. The first-order valence-electron chi connectivity index (χ1n) is 7.30. The quantitative estimate of drug-likeness (QED) is 0.636. The van der Waals surface area contributed by atoms with Crippen molar-refractivity contribution in [1.82, 2.24) is 19.6 Å². The molecule has 8 heteroatoms. The average molecular weight is 380 g/mol. The molecule has 0 aliphatic carbocycles. The van der Waals surface area contributed by atoms with Crippen LogP contribution in [0.1, 0.15) is 0 Å². The summed E-state index contributed by atoms with van der Waals surface area (Å²) in [6.07, 6.45) is 5.00. The number of rotatable bonds is 3. The topological polar surface area (TPSA) is 72.5 Å². The molecule has 2 aromatic heterocycles. The van der Waals surface area contributed by atoms with Crippen LogP contribution in [0.3, 0.4) is 0 Å². The van der Waals surface area contributed by atoms with E-state index in [1.807, 2.05) is 0 Å². The molecule has 1 aliphatic heterocycles. The fourth-order valence-electron chi connectivity index (χ4n) is 2.60. The molecule has 0 radical (unpaired) electrons. The van der Waals surface area contributed by atoms with Gasteiger partial charge in [-0.05, 0) is 37.4 Å². The molecular weight excluding hydrogens is 364 g/mol. The largest absolute Gasteiger partial charge is 1.00 e. The molecule has 7 nitrogen and oxygen atoms in total. The molecule has 1 saturated heterocycles. The van der Waals surface area contributed by atoms with E-state index in [9.17, 15) is 0 Å². The van der Waals surface area contributed by atoms with Gasteiger partial charge in [0.1, 0.15) is 6.33 Å². The normalized spacial score (nSPS) is 14.5. The second-order valence-electron chi connectivity index (χ2n) is 5.13. The van der Waals surface area contributed by atoms with Crippen molar-refractivity contribution in [2.45, 2.75) is 0 Å². The van der Waals surface area contributed by atoms with Gasteiger partial charge in [0.2, 0.25) is 0 Å². The molecule has 0 spiro atoms. The SMILES string of the molecule is [Rb+].c1cn2ncnc2c(Nc2ccc(N3CC[N-]CC3)cc2)n1. The van der Waals surface area contributed by atoms with E-state index in [1.54, 1.807) is 16.9 Å². The van der Waals surface area contributed by atoms with E-state index in [2.05, 4.69) is 54.9 Å². The fourth-order valence-corrected chi connectivity index (χ4v) is 2.60. The monoisotopic (exact) mass is 379 g/mol. The van der Waals surface area contributed by atoms with Gasteiger partial charge in [0.05, 0.1) is 0 Å². The van der Waals surface area contributed by atoms with E-state index in [0.29, 0.717) is 11.5 Å². The summed E-state index contributed by atoms with van der Waals surface area (Å²) in [7, 11) is 0. The van der Waals surface area contributed by atoms with Crippen molar-refractivity contribution in [3.05, 3.63) is 48.3 Å². The summed E-state index contributed by atoms with van der Waals surface area (Å²) in [4.78, 5) is 10.9. The van der Waals surface area contributed by atoms with Crippen molar-refractivity contribution < 1.29 is 58.2 Å². The van der Waals surface area contributed by atoms with E-state index in [1.165, 1.54) is 12.0 Å². The van der Waals surface area contributed by atoms with Crippen molar-refractivity contribution in [1.29, 1.82) is 0 Å². The third kappa shape index (κ3) is 3.80. The van der Waals surface area contributed by atoms with Gasteiger partial charge in [-0.1, -0.05) is 0 Å². The minimum absolute atomic E-state index is 0. The Morgan fingerprint density at radius 3 is 2.61 bits per heavy atom. The maximum atomic E-state index is 4.37. The van der Waals surface area contributed by atoms with Crippen molar-refractivity contribution in [3.8, 4) is 0 Å². The van der Waals surface area contributed by atoms with Gasteiger partial charge < -0.3 is 15.5 Å². The first-order chi connectivity index (χ1) is 10.9. The number of benzene rings is 1. The Bertz CT molecular complexity index is 765. The summed E-state index contributed by atoms with van der Waals surface area (Å²) in [6, 6.07) is 8.36. The van der Waals surface area contributed by atoms with E-state index in [-0.39, 0.29) is 58.2 Å². The number of anilines is 3. The smallest absolute Gasteiger partial charge is 0.659 e. The maximum absolute atomic E-state index is 4.37. The van der Waals surface area contributed by atoms with Crippen molar-refractivity contribution in [3.63, 3.8) is 0 Å². The predicted octanol–water partition coefficient (Wildman–Crippen LogP) is -0.934. The zero-order valence-corrected chi connectivity index (χ0v) is 18.0. The molecule has 1 aliphatic rings. The van der Waals surface area contributed by atoms with Crippen LogP contribution in [0.2, 0.25) is 0 Å². The fraction of sp³-hybridized carbons (Fsp3) is 0.267. The molecule has 1 N–H and O–H groups in total. The summed E-state index contributed by atoms with van der Waals surface area (Å²) in [5, 5.41) is 11.8. The zero-order valence-electron chi connectivity index (χ0n) is 13.1. The minimum Gasteiger partial charge on any atom is -0.659 e. The summed E-state index contributed by atoms with van der Waals surface area (Å²) >= 11 is 0. The van der Waals surface area contributed by atoms with E-state index in [4.69, 9.17) is 0 Å². The van der Waals surface area contributed by atoms with Crippen LogP contribution in [0.5, 0.6) is 0 Å². The Balaban J connectivity index is 0.00000156. The standard InChI is InChI=1S/C15H16N7.Rb/c1-3-13(21-8-5-16-6-9-21)4-2-12(1)20-14-15-18-11-19-22(15)10-7-17-14;/h1-4,7,10-11H,5-6,8-9H2,(H,17,20);/q-1;+1. The predicted molar refractivity (Wildman–Crippen MR) is 85.8 cm³/mol. The van der Waals surface area contributed by atoms with Crippen LogP contribution in [0, 0.1) is 0 Å². The zero-order chi connectivity index (χ0) is 14.8. The number of nitrogens with one attached hydrogen (secondary N) is 1. The van der Waals surface area contributed by atoms with Crippen LogP contribution in [0.25, 0.3) is 11.0 Å². The van der Waals surface area contributed by atoms with Gasteiger partial charge in [-0.15, -0.1) is 13.1 Å². The van der Waals surface area contributed by atoms with Crippen LogP contribution in [0.15, 0.2) is 43.0 Å². The van der Waals surface area contributed by atoms with Crippen molar-refractivity contribution >= 4 is 22.8 Å².